The van der Waals surface area contributed by atoms with Crippen LogP contribution in [0, 0.1) is 18.4 Å². The van der Waals surface area contributed by atoms with Gasteiger partial charge in [-0.2, -0.15) is 11.1 Å². The standard InChI is InChI=1S/C11H13ClSi/c1-10-4-6-11(7-5-10)8-9-13(2,3)12/h4-7H,1-3H3. The highest BCUT2D eigenvalue weighted by Crippen LogP contribution is 2.06. The van der Waals surface area contributed by atoms with E-state index in [9.17, 15) is 0 Å². The smallest absolute Gasteiger partial charge is 0.151 e. The van der Waals surface area contributed by atoms with Crippen LogP contribution in [0.2, 0.25) is 13.1 Å². The zero-order valence-corrected chi connectivity index (χ0v) is 9.94. The maximum Gasteiger partial charge on any atom is 0.228 e. The number of hydrogen-bond donors (Lipinski definition) is 0. The van der Waals surface area contributed by atoms with Gasteiger partial charge < -0.3 is 0 Å². The van der Waals surface area contributed by atoms with Crippen molar-refractivity contribution in [3.63, 3.8) is 0 Å². The molecule has 0 bridgehead atoms. The van der Waals surface area contributed by atoms with Gasteiger partial charge >= 0.3 is 0 Å². The molecule has 1 aromatic carbocycles. The van der Waals surface area contributed by atoms with Crippen LogP contribution < -0.4 is 0 Å². The summed E-state index contributed by atoms with van der Waals surface area (Å²) in [7, 11) is -1.74. The van der Waals surface area contributed by atoms with Crippen LogP contribution in [0.1, 0.15) is 11.1 Å². The lowest BCUT2D eigenvalue weighted by Crippen LogP contribution is -2.12. The minimum atomic E-state index is -1.74. The lowest BCUT2D eigenvalue weighted by atomic mass is 10.2. The van der Waals surface area contributed by atoms with Crippen molar-refractivity contribution in [3.8, 4) is 11.5 Å². The van der Waals surface area contributed by atoms with Gasteiger partial charge in [-0.05, 0) is 32.2 Å². The van der Waals surface area contributed by atoms with E-state index in [1.54, 1.807) is 0 Å². The van der Waals surface area contributed by atoms with E-state index in [1.807, 2.05) is 25.2 Å². The van der Waals surface area contributed by atoms with Gasteiger partial charge in [0.1, 0.15) is 0 Å². The summed E-state index contributed by atoms with van der Waals surface area (Å²) in [5, 5.41) is 0. The Morgan fingerprint density at radius 3 is 2.15 bits per heavy atom. The summed E-state index contributed by atoms with van der Waals surface area (Å²) >= 11 is 6.08. The monoisotopic (exact) mass is 208 g/mol. The van der Waals surface area contributed by atoms with Crippen LogP contribution in [0.3, 0.4) is 0 Å². The topological polar surface area (TPSA) is 0 Å². The number of hydrogen-bond acceptors (Lipinski definition) is 0. The Labute approximate surface area is 85.6 Å². The van der Waals surface area contributed by atoms with Gasteiger partial charge in [-0.3, -0.25) is 0 Å². The van der Waals surface area contributed by atoms with E-state index in [-0.39, 0.29) is 0 Å². The SMILES string of the molecule is Cc1ccc(C#C[Si](C)(C)Cl)cc1. The fourth-order valence-corrected chi connectivity index (χ4v) is 1.44. The Morgan fingerprint density at radius 2 is 1.69 bits per heavy atom. The van der Waals surface area contributed by atoms with Gasteiger partial charge in [0, 0.05) is 5.56 Å². The quantitative estimate of drug-likeness (QED) is 0.349. The molecule has 0 unspecified atom stereocenters. The molecule has 1 rings (SSSR count). The molecule has 0 N–H and O–H groups in total. The lowest BCUT2D eigenvalue weighted by molar-refractivity contribution is 1.46. The Morgan fingerprint density at radius 1 is 1.15 bits per heavy atom. The Balaban J connectivity index is 2.85. The predicted octanol–water partition coefficient (Wildman–Crippen LogP) is 3.33. The highest BCUT2D eigenvalue weighted by molar-refractivity contribution is 7.23. The molecule has 0 aliphatic rings. The van der Waals surface area contributed by atoms with Crippen molar-refractivity contribution >= 4 is 18.5 Å². The largest absolute Gasteiger partial charge is 0.228 e. The van der Waals surface area contributed by atoms with Crippen molar-refractivity contribution in [3.05, 3.63) is 35.4 Å². The number of aryl methyl sites for hydroxylation is 1. The second kappa shape index (κ2) is 4.00. The molecule has 0 fully saturated rings. The van der Waals surface area contributed by atoms with Gasteiger partial charge in [0.2, 0.25) is 7.38 Å². The van der Waals surface area contributed by atoms with E-state index in [0.29, 0.717) is 0 Å². The number of benzene rings is 1. The summed E-state index contributed by atoms with van der Waals surface area (Å²) in [6.45, 7) is 6.11. The summed E-state index contributed by atoms with van der Waals surface area (Å²) in [4.78, 5) is 0. The van der Waals surface area contributed by atoms with Crippen LogP contribution >= 0.6 is 11.1 Å². The van der Waals surface area contributed by atoms with E-state index in [1.165, 1.54) is 5.56 Å². The first kappa shape index (κ1) is 10.4. The van der Waals surface area contributed by atoms with Gasteiger partial charge in [-0.25, -0.2) is 0 Å². The average molecular weight is 209 g/mol. The van der Waals surface area contributed by atoms with Crippen molar-refractivity contribution in [2.45, 2.75) is 20.0 Å². The van der Waals surface area contributed by atoms with Gasteiger partial charge in [0.05, 0.1) is 0 Å². The molecule has 0 saturated carbocycles. The highest BCUT2D eigenvalue weighted by atomic mass is 35.6. The molecule has 0 aromatic heterocycles. The summed E-state index contributed by atoms with van der Waals surface area (Å²) < 4.78 is 0. The minimum absolute atomic E-state index is 1.05. The van der Waals surface area contributed by atoms with E-state index >= 15 is 0 Å². The third kappa shape index (κ3) is 4.17. The van der Waals surface area contributed by atoms with Crippen LogP contribution in [0.25, 0.3) is 0 Å². The molecule has 0 atom stereocenters. The summed E-state index contributed by atoms with van der Waals surface area (Å²) in [6.07, 6.45) is 0. The molecule has 0 saturated heterocycles. The second-order valence-electron chi connectivity index (χ2n) is 3.59. The van der Waals surface area contributed by atoms with Crippen LogP contribution in [-0.4, -0.2) is 7.38 Å². The Hall–Kier alpha value is -0.713. The molecule has 0 aliphatic carbocycles. The molecular weight excluding hydrogens is 196 g/mol. The van der Waals surface area contributed by atoms with Crippen molar-refractivity contribution in [2.75, 3.05) is 0 Å². The summed E-state index contributed by atoms with van der Waals surface area (Å²) in [5.41, 5.74) is 5.42. The van der Waals surface area contributed by atoms with Crippen molar-refractivity contribution < 1.29 is 0 Å². The zero-order chi connectivity index (χ0) is 9.90. The first-order chi connectivity index (χ1) is 5.97. The fraction of sp³-hybridized carbons (Fsp3) is 0.273. The molecule has 0 heterocycles. The van der Waals surface area contributed by atoms with E-state index in [2.05, 4.69) is 30.5 Å². The average Bonchev–Trinajstić information content (AvgIpc) is 2.02. The van der Waals surface area contributed by atoms with Crippen molar-refractivity contribution in [1.82, 2.24) is 0 Å². The fourth-order valence-electron chi connectivity index (χ4n) is 0.858. The van der Waals surface area contributed by atoms with Crippen LogP contribution in [0.15, 0.2) is 24.3 Å². The summed E-state index contributed by atoms with van der Waals surface area (Å²) in [6, 6.07) is 8.18. The van der Waals surface area contributed by atoms with Crippen LogP contribution in [-0.2, 0) is 0 Å². The molecule has 0 radical (unpaired) electrons. The summed E-state index contributed by atoms with van der Waals surface area (Å²) in [5.74, 6) is 3.09. The molecule has 0 nitrogen and oxygen atoms in total. The first-order valence-electron chi connectivity index (χ1n) is 4.26. The second-order valence-corrected chi connectivity index (χ2v) is 9.62. The van der Waals surface area contributed by atoms with Gasteiger partial charge in [-0.15, -0.1) is 5.54 Å². The van der Waals surface area contributed by atoms with Crippen molar-refractivity contribution in [1.29, 1.82) is 0 Å². The molecule has 1 aromatic rings. The van der Waals surface area contributed by atoms with Gasteiger partial charge in [0.25, 0.3) is 0 Å². The Bertz CT molecular complexity index is 335. The van der Waals surface area contributed by atoms with Gasteiger partial charge in [-0.1, -0.05) is 23.6 Å². The molecule has 2 heteroatoms. The molecule has 13 heavy (non-hydrogen) atoms. The minimum Gasteiger partial charge on any atom is -0.151 e. The maximum absolute atomic E-state index is 6.08. The van der Waals surface area contributed by atoms with Gasteiger partial charge in [0.15, 0.2) is 0 Å². The molecular formula is C11H13ClSi. The van der Waals surface area contributed by atoms with E-state index in [0.717, 1.165) is 5.56 Å². The Kier molecular flexibility index (Phi) is 3.19. The number of halogens is 1. The normalized spacial score (nSPS) is 10.5. The third-order valence-corrected chi connectivity index (χ3v) is 2.56. The highest BCUT2D eigenvalue weighted by Gasteiger charge is 2.11. The zero-order valence-electron chi connectivity index (χ0n) is 8.19. The molecule has 0 spiro atoms. The third-order valence-electron chi connectivity index (χ3n) is 1.56. The lowest BCUT2D eigenvalue weighted by Gasteiger charge is -1.99. The maximum atomic E-state index is 6.08. The van der Waals surface area contributed by atoms with Crippen molar-refractivity contribution in [2.24, 2.45) is 0 Å². The van der Waals surface area contributed by atoms with E-state index in [4.69, 9.17) is 11.1 Å². The number of rotatable bonds is 0. The first-order valence-corrected chi connectivity index (χ1v) is 8.27. The predicted molar refractivity (Wildman–Crippen MR) is 61.4 cm³/mol. The molecule has 0 amide bonds. The van der Waals surface area contributed by atoms with Crippen LogP contribution in [0.4, 0.5) is 0 Å². The molecule has 68 valence electrons. The van der Waals surface area contributed by atoms with E-state index < -0.39 is 7.38 Å². The molecule has 0 aliphatic heterocycles. The van der Waals surface area contributed by atoms with Crippen LogP contribution in [0.5, 0.6) is 0 Å².